The fourth-order valence-electron chi connectivity index (χ4n) is 4.12. The Morgan fingerprint density at radius 2 is 1.70 bits per heavy atom. The lowest BCUT2D eigenvalue weighted by molar-refractivity contribution is -0.131. The quantitative estimate of drug-likeness (QED) is 0.286. The van der Waals surface area contributed by atoms with E-state index in [1.54, 1.807) is 16.7 Å². The Balaban J connectivity index is 1.45. The fourth-order valence-corrected chi connectivity index (χ4v) is 4.12. The molecule has 1 aliphatic heterocycles. The maximum Gasteiger partial charge on any atom is 0.336 e. The van der Waals surface area contributed by atoms with Gasteiger partial charge in [0.1, 0.15) is 5.75 Å². The molecule has 166 valence electrons. The first-order chi connectivity index (χ1) is 16.0. The van der Waals surface area contributed by atoms with Crippen molar-refractivity contribution in [3.8, 4) is 28.4 Å². The maximum atomic E-state index is 13.2. The van der Waals surface area contributed by atoms with E-state index in [-0.39, 0.29) is 24.7 Å². The standard InChI is InChI=1S/C25H21N3O5/c29-23(26-32)15-33-21-11-8-18-13-22-24(30)28(25(31)27(22)14-19(18)12-21)20-9-6-17(7-10-20)16-4-2-1-3-5-16/h1-12,30,32H,13-15H2,(H,26,29). The summed E-state index contributed by atoms with van der Waals surface area (Å²) in [6.07, 6.45) is 0.392. The molecule has 5 rings (SSSR count). The van der Waals surface area contributed by atoms with Crippen molar-refractivity contribution in [2.75, 3.05) is 6.61 Å². The maximum absolute atomic E-state index is 13.2. The number of aromatic nitrogens is 2. The average molecular weight is 443 g/mol. The summed E-state index contributed by atoms with van der Waals surface area (Å²) in [5.41, 5.74) is 6.24. The Hall–Kier alpha value is -4.30. The van der Waals surface area contributed by atoms with E-state index >= 15 is 0 Å². The number of hydroxylamine groups is 1. The Kier molecular flexibility index (Phi) is 5.20. The number of hydrogen-bond acceptors (Lipinski definition) is 5. The monoisotopic (exact) mass is 443 g/mol. The lowest BCUT2D eigenvalue weighted by atomic mass is 9.99. The van der Waals surface area contributed by atoms with Gasteiger partial charge < -0.3 is 9.84 Å². The first kappa shape index (κ1) is 20.6. The normalized spacial score (nSPS) is 12.0. The van der Waals surface area contributed by atoms with Crippen LogP contribution in [0.5, 0.6) is 11.6 Å². The first-order valence-electron chi connectivity index (χ1n) is 10.4. The molecule has 0 atom stereocenters. The Labute approximate surface area is 188 Å². The highest BCUT2D eigenvalue weighted by molar-refractivity contribution is 5.76. The lowest BCUT2D eigenvalue weighted by Crippen LogP contribution is -2.27. The largest absolute Gasteiger partial charge is 0.493 e. The van der Waals surface area contributed by atoms with Gasteiger partial charge in [0.15, 0.2) is 6.61 Å². The number of hydrogen-bond donors (Lipinski definition) is 3. The molecule has 1 amide bonds. The molecule has 3 aromatic carbocycles. The third-order valence-corrected chi connectivity index (χ3v) is 5.81. The average Bonchev–Trinajstić information content (AvgIpc) is 3.10. The molecule has 0 spiro atoms. The van der Waals surface area contributed by atoms with Crippen LogP contribution in [0, 0.1) is 0 Å². The van der Waals surface area contributed by atoms with E-state index in [1.165, 1.54) is 10.0 Å². The fraction of sp³-hybridized carbons (Fsp3) is 0.120. The summed E-state index contributed by atoms with van der Waals surface area (Å²) in [5, 5.41) is 19.5. The second-order valence-corrected chi connectivity index (χ2v) is 7.82. The van der Waals surface area contributed by atoms with E-state index in [1.807, 2.05) is 60.7 Å². The summed E-state index contributed by atoms with van der Waals surface area (Å²) >= 11 is 0. The number of ether oxygens (including phenoxy) is 1. The zero-order chi connectivity index (χ0) is 22.9. The van der Waals surface area contributed by atoms with Crippen LogP contribution in [0.15, 0.2) is 77.6 Å². The van der Waals surface area contributed by atoms with Gasteiger partial charge in [-0.2, -0.15) is 0 Å². The van der Waals surface area contributed by atoms with Crippen LogP contribution in [0.4, 0.5) is 0 Å². The van der Waals surface area contributed by atoms with Gasteiger partial charge in [0.05, 0.1) is 17.9 Å². The summed E-state index contributed by atoms with van der Waals surface area (Å²) in [6.45, 7) is -0.0494. The van der Waals surface area contributed by atoms with Crippen LogP contribution in [0.3, 0.4) is 0 Å². The van der Waals surface area contributed by atoms with Crippen molar-refractivity contribution in [1.29, 1.82) is 0 Å². The van der Waals surface area contributed by atoms with Crippen molar-refractivity contribution < 1.29 is 19.8 Å². The van der Waals surface area contributed by atoms with Crippen LogP contribution in [0.25, 0.3) is 16.8 Å². The van der Waals surface area contributed by atoms with Gasteiger partial charge in [-0.1, -0.05) is 48.5 Å². The van der Waals surface area contributed by atoms with Crippen molar-refractivity contribution in [1.82, 2.24) is 14.6 Å². The van der Waals surface area contributed by atoms with Crippen molar-refractivity contribution in [2.24, 2.45) is 0 Å². The predicted molar refractivity (Wildman–Crippen MR) is 121 cm³/mol. The number of benzene rings is 3. The van der Waals surface area contributed by atoms with Gasteiger partial charge in [-0.25, -0.2) is 14.8 Å². The van der Waals surface area contributed by atoms with E-state index in [0.717, 1.165) is 22.3 Å². The minimum Gasteiger partial charge on any atom is -0.493 e. The van der Waals surface area contributed by atoms with Crippen molar-refractivity contribution in [2.45, 2.75) is 13.0 Å². The van der Waals surface area contributed by atoms with Crippen LogP contribution in [-0.4, -0.2) is 32.0 Å². The Bertz CT molecular complexity index is 1390. The van der Waals surface area contributed by atoms with E-state index in [0.29, 0.717) is 23.6 Å². The van der Waals surface area contributed by atoms with Gasteiger partial charge >= 0.3 is 5.69 Å². The molecular weight excluding hydrogens is 422 g/mol. The van der Waals surface area contributed by atoms with Gasteiger partial charge in [-0.15, -0.1) is 0 Å². The van der Waals surface area contributed by atoms with Crippen LogP contribution in [-0.2, 0) is 17.8 Å². The second kappa shape index (κ2) is 8.33. The molecule has 3 N–H and O–H groups in total. The molecule has 33 heavy (non-hydrogen) atoms. The van der Waals surface area contributed by atoms with Crippen LogP contribution in [0.2, 0.25) is 0 Å². The van der Waals surface area contributed by atoms with E-state index in [4.69, 9.17) is 9.94 Å². The van der Waals surface area contributed by atoms with Crippen molar-refractivity contribution in [3.63, 3.8) is 0 Å². The molecule has 8 nitrogen and oxygen atoms in total. The molecule has 0 aliphatic carbocycles. The summed E-state index contributed by atoms with van der Waals surface area (Å²) in [6, 6.07) is 22.7. The van der Waals surface area contributed by atoms with Crippen LogP contribution >= 0.6 is 0 Å². The summed E-state index contributed by atoms with van der Waals surface area (Å²) in [5.74, 6) is -0.279. The molecule has 0 unspecified atom stereocenters. The number of aromatic hydroxyl groups is 1. The Morgan fingerprint density at radius 1 is 0.970 bits per heavy atom. The number of carbonyl (C=O) groups excluding carboxylic acids is 1. The van der Waals surface area contributed by atoms with E-state index in [9.17, 15) is 14.7 Å². The highest BCUT2D eigenvalue weighted by atomic mass is 16.5. The topological polar surface area (TPSA) is 106 Å². The molecular formula is C25H21N3O5. The minimum atomic E-state index is -0.661. The van der Waals surface area contributed by atoms with Crippen molar-refractivity contribution in [3.05, 3.63) is 100 Å². The predicted octanol–water partition coefficient (Wildman–Crippen LogP) is 2.85. The summed E-state index contributed by atoms with van der Waals surface area (Å²) < 4.78 is 8.24. The van der Waals surface area contributed by atoms with E-state index in [2.05, 4.69) is 0 Å². The second-order valence-electron chi connectivity index (χ2n) is 7.82. The lowest BCUT2D eigenvalue weighted by Gasteiger charge is -2.19. The zero-order valence-electron chi connectivity index (χ0n) is 17.6. The molecule has 0 radical (unpaired) electrons. The third kappa shape index (κ3) is 3.77. The number of rotatable bonds is 5. The molecule has 0 bridgehead atoms. The number of nitrogens with zero attached hydrogens (tertiary/aromatic N) is 2. The SMILES string of the molecule is O=C(COc1ccc2c(c1)Cn1c(c(O)n(-c3ccc(-c4ccccc4)cc3)c1=O)C2)NO. The molecule has 2 heterocycles. The zero-order valence-corrected chi connectivity index (χ0v) is 17.6. The van der Waals surface area contributed by atoms with Crippen molar-refractivity contribution >= 4 is 5.91 Å². The number of fused-ring (bicyclic) bond motifs is 2. The number of nitrogens with one attached hydrogen (secondary N) is 1. The van der Waals surface area contributed by atoms with Gasteiger partial charge in [0, 0.05) is 6.42 Å². The van der Waals surface area contributed by atoms with Gasteiger partial charge in [0.25, 0.3) is 5.91 Å². The third-order valence-electron chi connectivity index (χ3n) is 5.81. The van der Waals surface area contributed by atoms with Crippen LogP contribution < -0.4 is 15.9 Å². The highest BCUT2D eigenvalue weighted by Gasteiger charge is 2.26. The molecule has 4 aromatic rings. The number of imidazole rings is 1. The highest BCUT2D eigenvalue weighted by Crippen LogP contribution is 2.31. The summed E-state index contributed by atoms with van der Waals surface area (Å²) in [7, 11) is 0. The van der Waals surface area contributed by atoms with Gasteiger partial charge in [-0.3, -0.25) is 14.6 Å². The van der Waals surface area contributed by atoms with Crippen LogP contribution in [0.1, 0.15) is 16.8 Å². The minimum absolute atomic E-state index is 0.0712. The molecule has 1 aromatic heterocycles. The van der Waals surface area contributed by atoms with Gasteiger partial charge in [-0.05, 0) is 46.5 Å². The number of amides is 1. The molecule has 0 saturated heterocycles. The number of carbonyl (C=O) groups is 1. The smallest absolute Gasteiger partial charge is 0.336 e. The molecule has 1 aliphatic rings. The summed E-state index contributed by atoms with van der Waals surface area (Å²) in [4.78, 5) is 24.4. The molecule has 0 saturated carbocycles. The van der Waals surface area contributed by atoms with E-state index < -0.39 is 5.91 Å². The Morgan fingerprint density at radius 3 is 2.42 bits per heavy atom. The molecule has 8 heteroatoms. The molecule has 0 fully saturated rings. The first-order valence-corrected chi connectivity index (χ1v) is 10.4. The van der Waals surface area contributed by atoms with Gasteiger partial charge in [0.2, 0.25) is 5.88 Å².